The summed E-state index contributed by atoms with van der Waals surface area (Å²) in [5, 5.41) is 2.17. The lowest BCUT2D eigenvalue weighted by atomic mass is 9.81. The third kappa shape index (κ3) is 4.63. The Kier molecular flexibility index (Phi) is 7.31. The van der Waals surface area contributed by atoms with Crippen molar-refractivity contribution in [1.82, 2.24) is 14.7 Å². The summed E-state index contributed by atoms with van der Waals surface area (Å²) in [6.45, 7) is 11.6. The number of hydrogen-bond donors (Lipinski definition) is 0. The molecule has 38 heavy (non-hydrogen) atoms. The molecule has 200 valence electrons. The van der Waals surface area contributed by atoms with E-state index in [9.17, 15) is 9.59 Å². The van der Waals surface area contributed by atoms with Crippen LogP contribution in [0.3, 0.4) is 0 Å². The highest BCUT2D eigenvalue weighted by atomic mass is 35.5. The molecule has 3 aliphatic heterocycles. The van der Waals surface area contributed by atoms with Crippen molar-refractivity contribution in [2.45, 2.75) is 52.2 Å². The second-order valence-corrected chi connectivity index (χ2v) is 12.5. The molecule has 0 aliphatic carbocycles. The van der Waals surface area contributed by atoms with E-state index in [2.05, 4.69) is 25.7 Å². The van der Waals surface area contributed by atoms with Gasteiger partial charge in [0.1, 0.15) is 10.4 Å². The molecule has 3 atom stereocenters. The highest BCUT2D eigenvalue weighted by Crippen LogP contribution is 2.56. The maximum Gasteiger partial charge on any atom is 0.262 e. The average molecular weight is 572 g/mol. The van der Waals surface area contributed by atoms with Crippen molar-refractivity contribution in [3.8, 4) is 0 Å². The molecule has 0 N–H and O–H groups in total. The van der Waals surface area contributed by atoms with Crippen LogP contribution in [0, 0.1) is 5.92 Å². The van der Waals surface area contributed by atoms with Crippen molar-refractivity contribution in [2.75, 3.05) is 19.6 Å². The summed E-state index contributed by atoms with van der Waals surface area (Å²) >= 11 is 13.9. The number of carbonyl (C=O) groups is 2. The predicted octanol–water partition coefficient (Wildman–Crippen LogP) is 6.32. The Bertz CT molecular complexity index is 1330. The zero-order valence-corrected chi connectivity index (χ0v) is 24.6. The monoisotopic (exact) mass is 570 g/mol. The number of rotatable bonds is 4. The lowest BCUT2D eigenvalue weighted by Crippen LogP contribution is -2.55. The normalized spacial score (nSPS) is 25.3. The topological polar surface area (TPSA) is 56.2 Å². The third-order valence-electron chi connectivity index (χ3n) is 7.68. The molecule has 0 bridgehead atoms. The number of benzene rings is 2. The number of halogens is 2. The minimum absolute atomic E-state index is 0.00824. The number of aliphatic imine (C=N–C) groups is 1. The van der Waals surface area contributed by atoms with Gasteiger partial charge >= 0.3 is 0 Å². The Labute approximate surface area is 238 Å². The van der Waals surface area contributed by atoms with Crippen LogP contribution in [0.1, 0.15) is 51.8 Å². The minimum atomic E-state index is -0.600. The molecule has 5 rings (SSSR count). The van der Waals surface area contributed by atoms with Crippen molar-refractivity contribution in [2.24, 2.45) is 10.9 Å². The summed E-state index contributed by atoms with van der Waals surface area (Å²) in [5.74, 6) is 0.144. The van der Waals surface area contributed by atoms with E-state index in [1.807, 2.05) is 65.3 Å². The average Bonchev–Trinajstić information content (AvgIpc) is 3.37. The molecule has 0 aromatic heterocycles. The van der Waals surface area contributed by atoms with Gasteiger partial charge in [0, 0.05) is 48.3 Å². The van der Waals surface area contributed by atoms with Crippen LogP contribution >= 0.6 is 35.0 Å². The highest BCUT2D eigenvalue weighted by Gasteiger charge is 2.53. The summed E-state index contributed by atoms with van der Waals surface area (Å²) in [4.78, 5) is 37.9. The van der Waals surface area contributed by atoms with E-state index in [-0.39, 0.29) is 29.8 Å². The van der Waals surface area contributed by atoms with Gasteiger partial charge in [0.2, 0.25) is 5.91 Å². The fourth-order valence-electron chi connectivity index (χ4n) is 5.82. The van der Waals surface area contributed by atoms with Gasteiger partial charge in [-0.3, -0.25) is 9.59 Å². The van der Waals surface area contributed by atoms with Crippen molar-refractivity contribution < 1.29 is 9.59 Å². The molecule has 2 aromatic carbocycles. The van der Waals surface area contributed by atoms with Gasteiger partial charge in [0.25, 0.3) is 5.91 Å². The van der Waals surface area contributed by atoms with Crippen LogP contribution < -0.4 is 0 Å². The smallest absolute Gasteiger partial charge is 0.262 e. The minimum Gasteiger partial charge on any atom is -0.337 e. The summed E-state index contributed by atoms with van der Waals surface area (Å²) in [6, 6.07) is 15.6. The zero-order chi connectivity index (χ0) is 27.4. The van der Waals surface area contributed by atoms with Gasteiger partial charge in [-0.15, -0.1) is 0 Å². The molecule has 3 aliphatic rings. The number of piperazine rings is 1. The summed E-state index contributed by atoms with van der Waals surface area (Å²) < 4.78 is 0. The summed E-state index contributed by atoms with van der Waals surface area (Å²) in [5.41, 5.74) is 2.51. The van der Waals surface area contributed by atoms with Crippen LogP contribution in [-0.2, 0) is 15.1 Å². The van der Waals surface area contributed by atoms with Crippen molar-refractivity contribution in [1.29, 1.82) is 0 Å². The molecule has 1 saturated heterocycles. The molecule has 1 fully saturated rings. The SMILES string of the molecule is CC(=O)N1CCN(C(=O)C2=C(C(C)C)N3C(=N[C@@](C)(c4ccc(Cl)cc4)[C@H]3c3ccc(Cl)cc3)S2)C[C@@H]1C. The van der Waals surface area contributed by atoms with E-state index in [0.29, 0.717) is 29.7 Å². The molecule has 0 spiro atoms. The van der Waals surface area contributed by atoms with Crippen LogP contribution in [0.15, 0.2) is 64.1 Å². The molecule has 3 heterocycles. The van der Waals surface area contributed by atoms with Crippen molar-refractivity contribution in [3.05, 3.63) is 80.3 Å². The lowest BCUT2D eigenvalue weighted by molar-refractivity contribution is -0.138. The van der Waals surface area contributed by atoms with Gasteiger partial charge in [-0.1, -0.05) is 61.3 Å². The van der Waals surface area contributed by atoms with E-state index in [1.165, 1.54) is 11.8 Å². The van der Waals surface area contributed by atoms with E-state index in [4.69, 9.17) is 28.2 Å². The molecular formula is C29H32Cl2N4O2S. The first-order chi connectivity index (χ1) is 18.0. The van der Waals surface area contributed by atoms with Crippen molar-refractivity contribution in [3.63, 3.8) is 0 Å². The number of carbonyl (C=O) groups excluding carboxylic acids is 2. The van der Waals surface area contributed by atoms with Gasteiger partial charge < -0.3 is 14.7 Å². The van der Waals surface area contributed by atoms with E-state index < -0.39 is 5.54 Å². The highest BCUT2D eigenvalue weighted by molar-refractivity contribution is 8.18. The third-order valence-corrected chi connectivity index (χ3v) is 9.25. The number of allylic oxidation sites excluding steroid dienone is 1. The maximum absolute atomic E-state index is 14.0. The molecule has 2 amide bonds. The molecule has 0 saturated carbocycles. The first kappa shape index (κ1) is 27.1. The Morgan fingerprint density at radius 1 is 1.03 bits per heavy atom. The second kappa shape index (κ2) is 10.2. The molecule has 6 nitrogen and oxygen atoms in total. The van der Waals surface area contributed by atoms with Crippen LogP contribution in [0.4, 0.5) is 0 Å². The number of hydrogen-bond acceptors (Lipinski definition) is 5. The van der Waals surface area contributed by atoms with Crippen LogP contribution in [0.5, 0.6) is 0 Å². The Morgan fingerprint density at radius 3 is 2.18 bits per heavy atom. The molecule has 0 unspecified atom stereocenters. The Morgan fingerprint density at radius 2 is 1.63 bits per heavy atom. The van der Waals surface area contributed by atoms with Gasteiger partial charge in [0.15, 0.2) is 5.17 Å². The van der Waals surface area contributed by atoms with Gasteiger partial charge in [-0.25, -0.2) is 4.99 Å². The number of amidine groups is 1. The van der Waals surface area contributed by atoms with Crippen LogP contribution in [-0.4, -0.2) is 57.4 Å². The quantitative estimate of drug-likeness (QED) is 0.432. The number of amides is 2. The summed E-state index contributed by atoms with van der Waals surface area (Å²) in [7, 11) is 0. The second-order valence-electron chi connectivity index (χ2n) is 10.7. The first-order valence-corrected chi connectivity index (χ1v) is 14.5. The molecule has 9 heteroatoms. The Hall–Kier alpha value is -2.48. The first-order valence-electron chi connectivity index (χ1n) is 12.9. The van der Waals surface area contributed by atoms with E-state index in [1.54, 1.807) is 6.92 Å². The van der Waals surface area contributed by atoms with Crippen LogP contribution in [0.2, 0.25) is 10.0 Å². The van der Waals surface area contributed by atoms with Crippen molar-refractivity contribution >= 4 is 51.9 Å². The number of thioether (sulfide) groups is 1. The van der Waals surface area contributed by atoms with E-state index >= 15 is 0 Å². The Balaban J connectivity index is 1.56. The maximum atomic E-state index is 14.0. The van der Waals surface area contributed by atoms with Crippen LogP contribution in [0.25, 0.3) is 0 Å². The number of fused-ring (bicyclic) bond motifs is 1. The lowest BCUT2D eigenvalue weighted by Gasteiger charge is -2.40. The van der Waals surface area contributed by atoms with E-state index in [0.717, 1.165) is 26.9 Å². The fourth-order valence-corrected chi connectivity index (χ4v) is 7.45. The summed E-state index contributed by atoms with van der Waals surface area (Å²) in [6.07, 6.45) is 0. The fraction of sp³-hybridized carbons (Fsp3) is 0.414. The van der Waals surface area contributed by atoms with Gasteiger partial charge in [-0.05, 0) is 66.9 Å². The predicted molar refractivity (Wildman–Crippen MR) is 155 cm³/mol. The van der Waals surface area contributed by atoms with Gasteiger partial charge in [-0.2, -0.15) is 0 Å². The van der Waals surface area contributed by atoms with Gasteiger partial charge in [0.05, 0.1) is 6.04 Å². The molecule has 2 aromatic rings. The number of nitrogens with zero attached hydrogens (tertiary/aromatic N) is 4. The standard InChI is InChI=1S/C29H32Cl2N4O2S/c1-17(2)24-25(27(37)33-14-15-34(19(4)36)18(3)16-33)38-28-32-29(5,21-8-12-23(31)13-9-21)26(35(24)28)20-6-10-22(30)11-7-20/h6-13,17-18,26H,14-16H2,1-5H3/t18-,26+,29-/m0/s1. The largest absolute Gasteiger partial charge is 0.337 e. The molecule has 0 radical (unpaired) electrons. The zero-order valence-electron chi connectivity index (χ0n) is 22.2. The molecular weight excluding hydrogens is 539 g/mol.